The highest BCUT2D eigenvalue weighted by molar-refractivity contribution is 7.98. The van der Waals surface area contributed by atoms with E-state index >= 15 is 0 Å². The number of hydrogen-bond donors (Lipinski definition) is 2. The first-order chi connectivity index (χ1) is 10.8. The first-order valence-corrected chi connectivity index (χ1v) is 8.27. The Hall–Kier alpha value is -1.86. The number of carbonyl (C=O) groups is 1. The van der Waals surface area contributed by atoms with Gasteiger partial charge in [0.05, 0.1) is 6.10 Å². The Balaban J connectivity index is 1.48. The van der Waals surface area contributed by atoms with Crippen molar-refractivity contribution in [1.82, 2.24) is 20.5 Å². The van der Waals surface area contributed by atoms with Gasteiger partial charge in [-0.25, -0.2) is 4.98 Å². The topological polar surface area (TPSA) is 79.9 Å². The molecular weight excluding hydrogens is 300 g/mol. The molecule has 2 heterocycles. The molecule has 1 saturated heterocycles. The minimum absolute atomic E-state index is 0.0510. The molecule has 6 nitrogen and oxygen atoms in total. The highest BCUT2D eigenvalue weighted by Crippen LogP contribution is 2.18. The van der Waals surface area contributed by atoms with Crippen molar-refractivity contribution in [2.24, 2.45) is 0 Å². The van der Waals surface area contributed by atoms with Crippen LogP contribution in [0.2, 0.25) is 0 Å². The Morgan fingerprint density at radius 3 is 2.95 bits per heavy atom. The van der Waals surface area contributed by atoms with Crippen molar-refractivity contribution < 1.29 is 9.53 Å². The van der Waals surface area contributed by atoms with Crippen molar-refractivity contribution in [2.75, 3.05) is 13.2 Å². The molecule has 0 bridgehead atoms. The van der Waals surface area contributed by atoms with Crippen LogP contribution < -0.4 is 5.32 Å². The molecule has 0 unspecified atom stereocenters. The summed E-state index contributed by atoms with van der Waals surface area (Å²) in [6, 6.07) is 7.62. The predicted octanol–water partition coefficient (Wildman–Crippen LogP) is 2.01. The second-order valence-electron chi connectivity index (χ2n) is 5.12. The number of nitrogens with zero attached hydrogens (tertiary/aromatic N) is 2. The summed E-state index contributed by atoms with van der Waals surface area (Å²) in [7, 11) is 0. The number of amides is 1. The molecule has 1 fully saturated rings. The zero-order chi connectivity index (χ0) is 15.2. The van der Waals surface area contributed by atoms with Gasteiger partial charge in [-0.05, 0) is 30.5 Å². The Kier molecular flexibility index (Phi) is 5.07. The first-order valence-electron chi connectivity index (χ1n) is 7.28. The Labute approximate surface area is 133 Å². The van der Waals surface area contributed by atoms with Crippen molar-refractivity contribution in [3.63, 3.8) is 0 Å². The molecule has 0 aliphatic carbocycles. The number of thioether (sulfide) groups is 1. The molecule has 1 atom stereocenters. The summed E-state index contributed by atoms with van der Waals surface area (Å²) < 4.78 is 5.49. The van der Waals surface area contributed by atoms with E-state index in [2.05, 4.69) is 20.5 Å². The number of ether oxygens (including phenoxy) is 1. The van der Waals surface area contributed by atoms with Crippen LogP contribution in [0.25, 0.3) is 0 Å². The molecule has 22 heavy (non-hydrogen) atoms. The van der Waals surface area contributed by atoms with Crippen LogP contribution in [0.4, 0.5) is 0 Å². The van der Waals surface area contributed by atoms with E-state index in [9.17, 15) is 4.79 Å². The van der Waals surface area contributed by atoms with E-state index in [4.69, 9.17) is 4.74 Å². The summed E-state index contributed by atoms with van der Waals surface area (Å²) in [5.41, 5.74) is 1.81. The van der Waals surface area contributed by atoms with Gasteiger partial charge in [-0.1, -0.05) is 23.9 Å². The summed E-state index contributed by atoms with van der Waals surface area (Å²) in [6.45, 7) is 1.39. The molecule has 1 aliphatic heterocycles. The third kappa shape index (κ3) is 4.08. The average Bonchev–Trinajstić information content (AvgIpc) is 3.24. The molecular formula is C15H18N4O2S. The number of H-pyrrole nitrogens is 1. The molecule has 1 aromatic heterocycles. The maximum Gasteiger partial charge on any atom is 0.251 e. The standard InChI is InChI=1S/C15H18N4O2S/c20-14(16-8-13-2-1-7-21-13)12-5-3-11(4-6-12)9-22-15-17-10-18-19-15/h3-6,10,13H,1-2,7-9H2,(H,16,20)(H,17,18,19)/t13-/m0/s1. The number of aromatic nitrogens is 3. The smallest absolute Gasteiger partial charge is 0.251 e. The lowest BCUT2D eigenvalue weighted by Gasteiger charge is -2.11. The Morgan fingerprint density at radius 1 is 1.41 bits per heavy atom. The zero-order valence-corrected chi connectivity index (χ0v) is 12.9. The summed E-state index contributed by atoms with van der Waals surface area (Å²) >= 11 is 1.58. The van der Waals surface area contributed by atoms with Crippen LogP contribution >= 0.6 is 11.8 Å². The summed E-state index contributed by atoms with van der Waals surface area (Å²) in [5, 5.41) is 10.3. The highest BCUT2D eigenvalue weighted by atomic mass is 32.2. The molecule has 7 heteroatoms. The molecule has 2 aromatic rings. The van der Waals surface area contributed by atoms with E-state index in [0.717, 1.165) is 35.9 Å². The largest absolute Gasteiger partial charge is 0.376 e. The fourth-order valence-corrected chi connectivity index (χ4v) is 3.02. The second-order valence-corrected chi connectivity index (χ2v) is 6.09. The van der Waals surface area contributed by atoms with Crippen molar-refractivity contribution >= 4 is 17.7 Å². The Bertz CT molecular complexity index is 595. The van der Waals surface area contributed by atoms with Crippen LogP contribution in [0.1, 0.15) is 28.8 Å². The predicted molar refractivity (Wildman–Crippen MR) is 83.7 cm³/mol. The van der Waals surface area contributed by atoms with E-state index in [1.165, 1.54) is 6.33 Å². The molecule has 2 N–H and O–H groups in total. The summed E-state index contributed by atoms with van der Waals surface area (Å²) in [4.78, 5) is 16.1. The van der Waals surface area contributed by atoms with Crippen LogP contribution in [-0.2, 0) is 10.5 Å². The molecule has 0 spiro atoms. The fourth-order valence-electron chi connectivity index (χ4n) is 2.28. The van der Waals surface area contributed by atoms with Crippen LogP contribution in [0.3, 0.4) is 0 Å². The lowest BCUT2D eigenvalue weighted by Crippen LogP contribution is -2.31. The molecule has 116 valence electrons. The van der Waals surface area contributed by atoms with Crippen LogP contribution in [0, 0.1) is 0 Å². The normalized spacial score (nSPS) is 17.5. The van der Waals surface area contributed by atoms with Gasteiger partial charge >= 0.3 is 0 Å². The molecule has 1 amide bonds. The van der Waals surface area contributed by atoms with Gasteiger partial charge in [0, 0.05) is 24.5 Å². The quantitative estimate of drug-likeness (QED) is 0.796. The fraction of sp³-hybridized carbons (Fsp3) is 0.400. The zero-order valence-electron chi connectivity index (χ0n) is 12.1. The van der Waals surface area contributed by atoms with Gasteiger partial charge in [-0.3, -0.25) is 9.89 Å². The van der Waals surface area contributed by atoms with E-state index in [-0.39, 0.29) is 12.0 Å². The van der Waals surface area contributed by atoms with Crippen LogP contribution in [0.5, 0.6) is 0 Å². The maximum absolute atomic E-state index is 12.1. The number of benzene rings is 1. The van der Waals surface area contributed by atoms with Crippen molar-refractivity contribution in [3.05, 3.63) is 41.7 Å². The first kappa shape index (κ1) is 15.1. The summed E-state index contributed by atoms with van der Waals surface area (Å²) in [5.74, 6) is 0.734. The van der Waals surface area contributed by atoms with Gasteiger partial charge in [0.15, 0.2) is 5.16 Å². The van der Waals surface area contributed by atoms with E-state index in [1.54, 1.807) is 11.8 Å². The molecule has 0 saturated carbocycles. The van der Waals surface area contributed by atoms with Gasteiger partial charge in [-0.2, -0.15) is 5.10 Å². The monoisotopic (exact) mass is 318 g/mol. The number of nitrogens with one attached hydrogen (secondary N) is 2. The number of hydrogen-bond acceptors (Lipinski definition) is 5. The van der Waals surface area contributed by atoms with Crippen molar-refractivity contribution in [1.29, 1.82) is 0 Å². The lowest BCUT2D eigenvalue weighted by atomic mass is 10.1. The minimum Gasteiger partial charge on any atom is -0.376 e. The number of carbonyl (C=O) groups excluding carboxylic acids is 1. The van der Waals surface area contributed by atoms with E-state index in [1.807, 2.05) is 24.3 Å². The van der Waals surface area contributed by atoms with E-state index < -0.39 is 0 Å². The second kappa shape index (κ2) is 7.42. The number of aromatic amines is 1. The van der Waals surface area contributed by atoms with E-state index in [0.29, 0.717) is 12.1 Å². The molecule has 3 rings (SSSR count). The SMILES string of the molecule is O=C(NC[C@@H]1CCCO1)c1ccc(CSc2ncn[nH]2)cc1. The van der Waals surface area contributed by atoms with Crippen LogP contribution in [-0.4, -0.2) is 40.3 Å². The molecule has 0 radical (unpaired) electrons. The highest BCUT2D eigenvalue weighted by Gasteiger charge is 2.16. The molecule has 1 aromatic carbocycles. The molecule has 1 aliphatic rings. The maximum atomic E-state index is 12.1. The van der Waals surface area contributed by atoms with Crippen LogP contribution in [0.15, 0.2) is 35.7 Å². The Morgan fingerprint density at radius 2 is 2.27 bits per heavy atom. The van der Waals surface area contributed by atoms with Gasteiger partial charge in [0.2, 0.25) is 0 Å². The van der Waals surface area contributed by atoms with Gasteiger partial charge < -0.3 is 10.1 Å². The van der Waals surface area contributed by atoms with Crippen molar-refractivity contribution in [3.8, 4) is 0 Å². The van der Waals surface area contributed by atoms with Gasteiger partial charge in [-0.15, -0.1) is 0 Å². The average molecular weight is 318 g/mol. The third-order valence-electron chi connectivity index (χ3n) is 3.50. The third-order valence-corrected chi connectivity index (χ3v) is 4.45. The van der Waals surface area contributed by atoms with Gasteiger partial charge in [0.1, 0.15) is 6.33 Å². The summed E-state index contributed by atoms with van der Waals surface area (Å²) in [6.07, 6.45) is 3.77. The minimum atomic E-state index is -0.0510. The van der Waals surface area contributed by atoms with Crippen molar-refractivity contribution in [2.45, 2.75) is 29.9 Å². The van der Waals surface area contributed by atoms with Gasteiger partial charge in [0.25, 0.3) is 5.91 Å². The number of rotatable bonds is 6. The lowest BCUT2D eigenvalue weighted by molar-refractivity contribution is 0.0858.